The summed E-state index contributed by atoms with van der Waals surface area (Å²) in [6.07, 6.45) is 0. The Hall–Kier alpha value is -2.58. The number of rotatable bonds is 3. The molecule has 110 valence electrons. The number of aromatic nitrogens is 1. The molecule has 0 saturated heterocycles. The summed E-state index contributed by atoms with van der Waals surface area (Å²) in [6.45, 7) is 0. The fourth-order valence-corrected chi connectivity index (χ4v) is 3.60. The van der Waals surface area contributed by atoms with Crippen LogP contribution in [0.5, 0.6) is 0 Å². The van der Waals surface area contributed by atoms with Gasteiger partial charge in [-0.25, -0.2) is 4.98 Å². The van der Waals surface area contributed by atoms with Gasteiger partial charge in [0.1, 0.15) is 0 Å². The van der Waals surface area contributed by atoms with Crippen molar-refractivity contribution in [2.45, 2.75) is 9.79 Å². The number of fused-ring (bicyclic) bond motifs is 1. The third-order valence-corrected chi connectivity index (χ3v) is 4.78. The summed E-state index contributed by atoms with van der Waals surface area (Å²) in [6, 6.07) is 31.3. The number of para-hydroxylation sites is 1. The van der Waals surface area contributed by atoms with Gasteiger partial charge in [0.25, 0.3) is 0 Å². The van der Waals surface area contributed by atoms with Gasteiger partial charge < -0.3 is 0 Å². The zero-order valence-corrected chi connectivity index (χ0v) is 13.3. The van der Waals surface area contributed by atoms with Gasteiger partial charge in [-0.2, -0.15) is 0 Å². The van der Waals surface area contributed by atoms with E-state index in [0.717, 1.165) is 16.8 Å². The minimum Gasteiger partial charge on any atom is -0.248 e. The van der Waals surface area contributed by atoms with E-state index in [1.54, 1.807) is 11.8 Å². The highest BCUT2D eigenvalue weighted by Crippen LogP contribution is 2.35. The van der Waals surface area contributed by atoms with Crippen LogP contribution in [0.4, 0.5) is 0 Å². The Labute approximate surface area is 140 Å². The van der Waals surface area contributed by atoms with Gasteiger partial charge in [0, 0.05) is 20.7 Å². The average Bonchev–Trinajstić information content (AvgIpc) is 2.63. The maximum absolute atomic E-state index is 4.83. The molecule has 0 N–H and O–H groups in total. The molecule has 0 aliphatic carbocycles. The molecule has 1 aromatic heterocycles. The zero-order valence-electron chi connectivity index (χ0n) is 12.5. The minimum absolute atomic E-state index is 1.02. The molecule has 1 nitrogen and oxygen atoms in total. The fraction of sp³-hybridized carbons (Fsp3) is 0. The van der Waals surface area contributed by atoms with Gasteiger partial charge in [0.15, 0.2) is 0 Å². The first-order valence-electron chi connectivity index (χ1n) is 7.58. The zero-order chi connectivity index (χ0) is 15.5. The average molecular weight is 313 g/mol. The molecular formula is C21H15NS. The molecule has 2 heteroatoms. The molecule has 3 aromatic carbocycles. The number of nitrogens with zero attached hydrogens (tertiary/aromatic N) is 1. The molecule has 0 saturated carbocycles. The molecule has 0 fully saturated rings. The van der Waals surface area contributed by atoms with Crippen molar-refractivity contribution >= 4 is 22.7 Å². The van der Waals surface area contributed by atoms with Crippen molar-refractivity contribution in [3.8, 4) is 11.3 Å². The normalized spacial score (nSPS) is 10.8. The van der Waals surface area contributed by atoms with Crippen molar-refractivity contribution in [2.75, 3.05) is 0 Å². The van der Waals surface area contributed by atoms with E-state index in [9.17, 15) is 0 Å². The summed E-state index contributed by atoms with van der Waals surface area (Å²) in [5.74, 6) is 0. The van der Waals surface area contributed by atoms with Gasteiger partial charge in [-0.3, -0.25) is 0 Å². The second kappa shape index (κ2) is 6.27. The molecule has 4 aromatic rings. The lowest BCUT2D eigenvalue weighted by molar-refractivity contribution is 1.34. The van der Waals surface area contributed by atoms with Gasteiger partial charge in [-0.15, -0.1) is 0 Å². The number of hydrogen-bond acceptors (Lipinski definition) is 2. The highest BCUT2D eigenvalue weighted by atomic mass is 32.2. The van der Waals surface area contributed by atoms with E-state index in [0.29, 0.717) is 0 Å². The van der Waals surface area contributed by atoms with Crippen molar-refractivity contribution in [1.29, 1.82) is 0 Å². The van der Waals surface area contributed by atoms with Crippen molar-refractivity contribution < 1.29 is 0 Å². The first-order chi connectivity index (χ1) is 11.4. The summed E-state index contributed by atoms with van der Waals surface area (Å²) in [7, 11) is 0. The monoisotopic (exact) mass is 313 g/mol. The van der Waals surface area contributed by atoms with Crippen molar-refractivity contribution in [1.82, 2.24) is 4.98 Å². The molecule has 0 amide bonds. The third kappa shape index (κ3) is 2.99. The second-order valence-electron chi connectivity index (χ2n) is 5.30. The van der Waals surface area contributed by atoms with Crippen molar-refractivity contribution in [3.63, 3.8) is 0 Å². The molecule has 23 heavy (non-hydrogen) atoms. The van der Waals surface area contributed by atoms with Crippen LogP contribution in [-0.2, 0) is 0 Å². The first kappa shape index (κ1) is 14.0. The fourth-order valence-electron chi connectivity index (χ4n) is 2.60. The lowest BCUT2D eigenvalue weighted by Crippen LogP contribution is -1.88. The van der Waals surface area contributed by atoms with Crippen LogP contribution >= 0.6 is 11.8 Å². The molecular weight excluding hydrogens is 298 g/mol. The van der Waals surface area contributed by atoms with Crippen LogP contribution in [0.1, 0.15) is 0 Å². The Morgan fingerprint density at radius 2 is 1.30 bits per heavy atom. The quantitative estimate of drug-likeness (QED) is 0.456. The number of pyridine rings is 1. The summed E-state index contributed by atoms with van der Waals surface area (Å²) in [5.41, 5.74) is 3.20. The molecule has 4 rings (SSSR count). The third-order valence-electron chi connectivity index (χ3n) is 3.72. The molecule has 0 bridgehead atoms. The number of benzene rings is 3. The van der Waals surface area contributed by atoms with Gasteiger partial charge in [0.2, 0.25) is 0 Å². The SMILES string of the molecule is c1ccc(Sc2cc(-c3ccccc3)nc3ccccc23)cc1. The van der Waals surface area contributed by atoms with Crippen LogP contribution < -0.4 is 0 Å². The van der Waals surface area contributed by atoms with Gasteiger partial charge in [-0.05, 0) is 24.3 Å². The molecule has 1 heterocycles. The maximum atomic E-state index is 4.83. The van der Waals surface area contributed by atoms with Crippen LogP contribution in [0.2, 0.25) is 0 Å². The molecule has 0 radical (unpaired) electrons. The summed E-state index contributed by atoms with van der Waals surface area (Å²) >= 11 is 1.79. The highest BCUT2D eigenvalue weighted by molar-refractivity contribution is 7.99. The topological polar surface area (TPSA) is 12.9 Å². The predicted molar refractivity (Wildman–Crippen MR) is 97.7 cm³/mol. The summed E-state index contributed by atoms with van der Waals surface area (Å²) < 4.78 is 0. The Morgan fingerprint density at radius 1 is 0.652 bits per heavy atom. The Kier molecular flexibility index (Phi) is 3.83. The van der Waals surface area contributed by atoms with Crippen molar-refractivity contribution in [3.05, 3.63) is 91.0 Å². The van der Waals surface area contributed by atoms with Gasteiger partial charge in [-0.1, -0.05) is 78.5 Å². The maximum Gasteiger partial charge on any atom is 0.0721 e. The summed E-state index contributed by atoms with van der Waals surface area (Å²) in [5, 5.41) is 1.20. The Balaban J connectivity index is 1.87. The van der Waals surface area contributed by atoms with E-state index < -0.39 is 0 Å². The second-order valence-corrected chi connectivity index (χ2v) is 6.42. The predicted octanol–water partition coefficient (Wildman–Crippen LogP) is 6.05. The van der Waals surface area contributed by atoms with Crippen LogP contribution in [0.15, 0.2) is 101 Å². The lowest BCUT2D eigenvalue weighted by atomic mass is 10.1. The molecule has 0 unspecified atom stereocenters. The number of hydrogen-bond donors (Lipinski definition) is 0. The molecule has 0 aliphatic heterocycles. The standard InChI is InChI=1S/C21H15NS/c1-3-9-16(10-4-1)20-15-21(23-17-11-5-2-6-12-17)18-13-7-8-14-19(18)22-20/h1-15H. The Morgan fingerprint density at radius 3 is 2.09 bits per heavy atom. The lowest BCUT2D eigenvalue weighted by Gasteiger charge is -2.09. The van der Waals surface area contributed by atoms with E-state index in [1.807, 2.05) is 18.2 Å². The van der Waals surface area contributed by atoms with E-state index in [-0.39, 0.29) is 0 Å². The Bertz CT molecular complexity index is 933. The molecule has 0 atom stereocenters. The molecule has 0 spiro atoms. The van der Waals surface area contributed by atoms with E-state index in [4.69, 9.17) is 4.98 Å². The van der Waals surface area contributed by atoms with Crippen LogP contribution in [0.3, 0.4) is 0 Å². The van der Waals surface area contributed by atoms with E-state index in [2.05, 4.69) is 72.8 Å². The largest absolute Gasteiger partial charge is 0.248 e. The van der Waals surface area contributed by atoms with E-state index in [1.165, 1.54) is 15.2 Å². The van der Waals surface area contributed by atoms with Crippen molar-refractivity contribution in [2.24, 2.45) is 0 Å². The van der Waals surface area contributed by atoms with Crippen LogP contribution in [0.25, 0.3) is 22.2 Å². The minimum atomic E-state index is 1.02. The highest BCUT2D eigenvalue weighted by Gasteiger charge is 2.08. The summed E-state index contributed by atoms with van der Waals surface area (Å²) in [4.78, 5) is 7.31. The smallest absolute Gasteiger partial charge is 0.0721 e. The van der Waals surface area contributed by atoms with Crippen LogP contribution in [-0.4, -0.2) is 4.98 Å². The molecule has 0 aliphatic rings. The van der Waals surface area contributed by atoms with E-state index >= 15 is 0 Å². The van der Waals surface area contributed by atoms with Crippen LogP contribution in [0, 0.1) is 0 Å². The van der Waals surface area contributed by atoms with Gasteiger partial charge >= 0.3 is 0 Å². The van der Waals surface area contributed by atoms with Gasteiger partial charge in [0.05, 0.1) is 11.2 Å². The first-order valence-corrected chi connectivity index (χ1v) is 8.40.